The summed E-state index contributed by atoms with van der Waals surface area (Å²) < 4.78 is 6.11. The fraction of sp³-hybridized carbons (Fsp3) is 0.591. The van der Waals surface area contributed by atoms with E-state index in [9.17, 15) is 5.11 Å². The second-order valence-electron chi connectivity index (χ2n) is 7.38. The molecule has 0 radical (unpaired) electrons. The van der Waals surface area contributed by atoms with Crippen LogP contribution in [-0.2, 0) is 6.42 Å². The molecule has 3 rings (SSSR count). The fourth-order valence-electron chi connectivity index (χ4n) is 3.64. The molecule has 1 unspecified atom stereocenters. The molecule has 1 aromatic carbocycles. The molecule has 1 saturated heterocycles. The van der Waals surface area contributed by atoms with Gasteiger partial charge in [-0.1, -0.05) is 62.9 Å². The van der Waals surface area contributed by atoms with Crippen molar-refractivity contribution in [1.82, 2.24) is 4.98 Å². The highest BCUT2D eigenvalue weighted by atomic mass is 16.4. The van der Waals surface area contributed by atoms with Crippen molar-refractivity contribution in [3.63, 3.8) is 0 Å². The van der Waals surface area contributed by atoms with Gasteiger partial charge < -0.3 is 14.4 Å². The van der Waals surface area contributed by atoms with Gasteiger partial charge in [0, 0.05) is 19.5 Å². The number of aromatic nitrogens is 1. The number of hydrogen-bond acceptors (Lipinski definition) is 4. The number of anilines is 1. The van der Waals surface area contributed by atoms with E-state index in [1.165, 1.54) is 37.7 Å². The molecule has 142 valence electrons. The SMILES string of the molecule is CCCCCCC(O)c1nc(Cc2ccccc2)c(N2CCCCC2)o1. The molecule has 0 saturated carbocycles. The van der Waals surface area contributed by atoms with Gasteiger partial charge in [0.15, 0.2) is 0 Å². The minimum absolute atomic E-state index is 0.494. The monoisotopic (exact) mass is 356 g/mol. The third-order valence-electron chi connectivity index (χ3n) is 5.17. The first kappa shape index (κ1) is 19.0. The molecule has 0 amide bonds. The summed E-state index contributed by atoms with van der Waals surface area (Å²) in [7, 11) is 0. The quantitative estimate of drug-likeness (QED) is 0.623. The largest absolute Gasteiger partial charge is 0.422 e. The molecule has 1 aromatic heterocycles. The zero-order valence-corrected chi connectivity index (χ0v) is 16.0. The van der Waals surface area contributed by atoms with Crippen molar-refractivity contribution in [3.05, 3.63) is 47.5 Å². The first-order valence-corrected chi connectivity index (χ1v) is 10.2. The summed E-state index contributed by atoms with van der Waals surface area (Å²) in [6.07, 6.45) is 9.15. The Balaban J connectivity index is 1.75. The summed E-state index contributed by atoms with van der Waals surface area (Å²) in [6.45, 7) is 4.23. The molecule has 1 atom stereocenters. The van der Waals surface area contributed by atoms with Crippen molar-refractivity contribution in [2.24, 2.45) is 0 Å². The van der Waals surface area contributed by atoms with Crippen molar-refractivity contribution < 1.29 is 9.52 Å². The number of hydrogen-bond donors (Lipinski definition) is 1. The average molecular weight is 357 g/mol. The summed E-state index contributed by atoms with van der Waals surface area (Å²) in [5, 5.41) is 10.5. The molecule has 26 heavy (non-hydrogen) atoms. The van der Waals surface area contributed by atoms with Crippen molar-refractivity contribution >= 4 is 5.88 Å². The minimum atomic E-state index is -0.597. The van der Waals surface area contributed by atoms with Crippen LogP contribution in [0.15, 0.2) is 34.7 Å². The molecule has 2 heterocycles. The van der Waals surface area contributed by atoms with E-state index in [4.69, 9.17) is 9.40 Å². The highest BCUT2D eigenvalue weighted by Crippen LogP contribution is 2.31. The Labute approximate surface area is 157 Å². The van der Waals surface area contributed by atoms with Gasteiger partial charge in [0.25, 0.3) is 0 Å². The van der Waals surface area contributed by atoms with E-state index < -0.39 is 6.10 Å². The second kappa shape index (κ2) is 9.77. The molecule has 4 heteroatoms. The van der Waals surface area contributed by atoms with Crippen LogP contribution in [0.25, 0.3) is 0 Å². The molecule has 1 aliphatic heterocycles. The van der Waals surface area contributed by atoms with Crippen molar-refractivity contribution in [2.45, 2.75) is 70.8 Å². The summed E-state index contributed by atoms with van der Waals surface area (Å²) in [5.41, 5.74) is 2.18. The maximum atomic E-state index is 10.5. The van der Waals surface area contributed by atoms with Crippen LogP contribution in [-0.4, -0.2) is 23.2 Å². The molecule has 2 aromatic rings. The Kier molecular flexibility index (Phi) is 7.13. The topological polar surface area (TPSA) is 49.5 Å². The van der Waals surface area contributed by atoms with Crippen molar-refractivity contribution in [2.75, 3.05) is 18.0 Å². The van der Waals surface area contributed by atoms with E-state index in [1.807, 2.05) is 6.07 Å². The lowest BCUT2D eigenvalue weighted by Gasteiger charge is -2.26. The van der Waals surface area contributed by atoms with E-state index in [-0.39, 0.29) is 0 Å². The number of aliphatic hydroxyl groups is 1. The van der Waals surface area contributed by atoms with Crippen LogP contribution in [0, 0.1) is 0 Å². The van der Waals surface area contributed by atoms with Crippen LogP contribution in [0.4, 0.5) is 5.88 Å². The first-order valence-electron chi connectivity index (χ1n) is 10.2. The maximum absolute atomic E-state index is 10.5. The molecule has 1 fully saturated rings. The zero-order valence-electron chi connectivity index (χ0n) is 16.0. The number of benzene rings is 1. The molecule has 0 aliphatic carbocycles. The smallest absolute Gasteiger partial charge is 0.226 e. The van der Waals surface area contributed by atoms with Gasteiger partial charge in [-0.3, -0.25) is 0 Å². The van der Waals surface area contributed by atoms with Gasteiger partial charge in [-0.15, -0.1) is 0 Å². The summed E-state index contributed by atoms with van der Waals surface area (Å²) in [4.78, 5) is 7.03. The van der Waals surface area contributed by atoms with E-state index in [2.05, 4.69) is 36.1 Å². The zero-order chi connectivity index (χ0) is 18.2. The summed E-state index contributed by atoms with van der Waals surface area (Å²) in [5.74, 6) is 1.36. The standard InChI is InChI=1S/C22H32N2O2/c1-2-3-4-9-14-20(25)21-23-19(17-18-12-7-5-8-13-18)22(26-21)24-15-10-6-11-16-24/h5,7-8,12-13,20,25H,2-4,6,9-11,14-17H2,1H3. The van der Waals surface area contributed by atoms with Gasteiger partial charge in [-0.25, -0.2) is 4.98 Å². The molecule has 1 aliphatic rings. The highest BCUT2D eigenvalue weighted by Gasteiger charge is 2.24. The Bertz CT molecular complexity index is 647. The third-order valence-corrected chi connectivity index (χ3v) is 5.17. The Morgan fingerprint density at radius 3 is 2.58 bits per heavy atom. The van der Waals surface area contributed by atoms with Crippen LogP contribution < -0.4 is 4.90 Å². The molecule has 0 bridgehead atoms. The lowest BCUT2D eigenvalue weighted by molar-refractivity contribution is 0.131. The lowest BCUT2D eigenvalue weighted by Crippen LogP contribution is -2.29. The molecular formula is C22H32N2O2. The van der Waals surface area contributed by atoms with Gasteiger partial charge in [-0.05, 0) is 31.2 Å². The van der Waals surface area contributed by atoms with Gasteiger partial charge in [0.05, 0.1) is 0 Å². The van der Waals surface area contributed by atoms with Crippen LogP contribution in [0.2, 0.25) is 0 Å². The number of oxazole rings is 1. The average Bonchev–Trinajstić information content (AvgIpc) is 3.10. The van der Waals surface area contributed by atoms with E-state index in [1.54, 1.807) is 0 Å². The first-order chi connectivity index (χ1) is 12.8. The van der Waals surface area contributed by atoms with Crippen LogP contribution in [0.1, 0.15) is 81.5 Å². The molecule has 0 spiro atoms. The van der Waals surface area contributed by atoms with E-state index in [0.717, 1.165) is 50.4 Å². The third kappa shape index (κ3) is 5.10. The van der Waals surface area contributed by atoms with Crippen LogP contribution in [0.3, 0.4) is 0 Å². The van der Waals surface area contributed by atoms with Gasteiger partial charge in [-0.2, -0.15) is 0 Å². The highest BCUT2D eigenvalue weighted by molar-refractivity contribution is 5.44. The second-order valence-corrected chi connectivity index (χ2v) is 7.38. The van der Waals surface area contributed by atoms with E-state index >= 15 is 0 Å². The van der Waals surface area contributed by atoms with Crippen LogP contribution in [0.5, 0.6) is 0 Å². The van der Waals surface area contributed by atoms with Crippen LogP contribution >= 0.6 is 0 Å². The summed E-state index contributed by atoms with van der Waals surface area (Å²) in [6, 6.07) is 10.4. The summed E-state index contributed by atoms with van der Waals surface area (Å²) >= 11 is 0. The predicted molar refractivity (Wildman–Crippen MR) is 106 cm³/mol. The predicted octanol–water partition coefficient (Wildman–Crippen LogP) is 5.26. The van der Waals surface area contributed by atoms with Gasteiger partial charge >= 0.3 is 0 Å². The number of nitrogens with zero attached hydrogens (tertiary/aromatic N) is 2. The molecule has 1 N–H and O–H groups in total. The Morgan fingerprint density at radius 2 is 1.85 bits per heavy atom. The Morgan fingerprint density at radius 1 is 1.08 bits per heavy atom. The maximum Gasteiger partial charge on any atom is 0.226 e. The number of piperidine rings is 1. The van der Waals surface area contributed by atoms with Gasteiger partial charge in [0.2, 0.25) is 11.8 Å². The number of unbranched alkanes of at least 4 members (excludes halogenated alkanes) is 3. The van der Waals surface area contributed by atoms with Crippen molar-refractivity contribution in [1.29, 1.82) is 0 Å². The number of aliphatic hydroxyl groups excluding tert-OH is 1. The van der Waals surface area contributed by atoms with Gasteiger partial charge in [0.1, 0.15) is 11.8 Å². The fourth-order valence-corrected chi connectivity index (χ4v) is 3.64. The lowest BCUT2D eigenvalue weighted by atomic mass is 10.1. The Hall–Kier alpha value is -1.81. The van der Waals surface area contributed by atoms with E-state index in [0.29, 0.717) is 5.89 Å². The van der Waals surface area contributed by atoms with Crippen molar-refractivity contribution in [3.8, 4) is 0 Å². The normalized spacial score (nSPS) is 16.0. The number of rotatable bonds is 9. The minimum Gasteiger partial charge on any atom is -0.422 e. The molecule has 4 nitrogen and oxygen atoms in total. The molecular weight excluding hydrogens is 324 g/mol.